The van der Waals surface area contributed by atoms with Crippen molar-refractivity contribution in [2.75, 3.05) is 0 Å². The highest BCUT2D eigenvalue weighted by atomic mass is 16.5. The van der Waals surface area contributed by atoms with Gasteiger partial charge in [0.05, 0.1) is 11.6 Å². The molecule has 0 bridgehead atoms. The lowest BCUT2D eigenvalue weighted by Gasteiger charge is -2.21. The van der Waals surface area contributed by atoms with Gasteiger partial charge in [-0.15, -0.1) is 0 Å². The second kappa shape index (κ2) is 6.75. The quantitative estimate of drug-likeness (QED) is 0.889. The first-order valence-corrected chi connectivity index (χ1v) is 6.51. The number of hydrogen-bond acceptors (Lipinski definition) is 4. The average molecular weight is 289 g/mol. The monoisotopic (exact) mass is 289 g/mol. The van der Waals surface area contributed by atoms with Crippen LogP contribution in [0.4, 0.5) is 4.79 Å². The summed E-state index contributed by atoms with van der Waals surface area (Å²) in [5.74, 6) is -0.0889. The van der Waals surface area contributed by atoms with Gasteiger partial charge in [-0.2, -0.15) is 5.26 Å². The average Bonchev–Trinajstić information content (AvgIpc) is 2.37. The Morgan fingerprint density at radius 2 is 1.81 bits per heavy atom. The zero-order valence-corrected chi connectivity index (χ0v) is 12.6. The predicted octanol–water partition coefficient (Wildman–Crippen LogP) is 1.95. The Labute approximate surface area is 124 Å². The zero-order valence-electron chi connectivity index (χ0n) is 12.6. The maximum atomic E-state index is 11.8. The Bertz CT molecular complexity index is 553. The number of nitriles is 1. The molecule has 1 aromatic rings. The summed E-state index contributed by atoms with van der Waals surface area (Å²) in [6.07, 6.45) is -0.830. The third kappa shape index (κ3) is 5.95. The molecule has 0 radical (unpaired) electrons. The first-order valence-electron chi connectivity index (χ1n) is 6.51. The number of imide groups is 1. The first kappa shape index (κ1) is 16.5. The van der Waals surface area contributed by atoms with E-state index in [0.29, 0.717) is 11.3 Å². The summed E-state index contributed by atoms with van der Waals surface area (Å²) in [6, 6.07) is 7.79. The van der Waals surface area contributed by atoms with E-state index in [1.54, 1.807) is 24.3 Å². The van der Waals surface area contributed by atoms with Gasteiger partial charge in [0.2, 0.25) is 0 Å². The summed E-state index contributed by atoms with van der Waals surface area (Å²) in [5.41, 5.74) is 0.0747. The predicted molar refractivity (Wildman–Crippen MR) is 77.7 cm³/mol. The van der Waals surface area contributed by atoms with Crippen molar-refractivity contribution in [2.24, 2.45) is 0 Å². The topological polar surface area (TPSA) is 91.2 Å². The molecule has 6 nitrogen and oxygen atoms in total. The summed E-state index contributed by atoms with van der Waals surface area (Å²) in [6.45, 7) is 6.98. The van der Waals surface area contributed by atoms with Crippen molar-refractivity contribution in [3.63, 3.8) is 0 Å². The lowest BCUT2D eigenvalue weighted by Crippen LogP contribution is -2.50. The van der Waals surface area contributed by atoms with Crippen LogP contribution in [0.15, 0.2) is 24.3 Å². The van der Waals surface area contributed by atoms with Crippen LogP contribution < -0.4 is 15.4 Å². The lowest BCUT2D eigenvalue weighted by molar-refractivity contribution is -0.126. The normalized spacial score (nSPS) is 12.0. The van der Waals surface area contributed by atoms with Gasteiger partial charge in [0.1, 0.15) is 5.75 Å². The summed E-state index contributed by atoms with van der Waals surface area (Å²) in [7, 11) is 0. The summed E-state index contributed by atoms with van der Waals surface area (Å²) < 4.78 is 5.41. The lowest BCUT2D eigenvalue weighted by atomic mass is 10.1. The fourth-order valence-corrected chi connectivity index (χ4v) is 1.45. The number of rotatable bonds is 3. The van der Waals surface area contributed by atoms with Gasteiger partial charge in [-0.25, -0.2) is 4.79 Å². The molecule has 0 aromatic heterocycles. The Morgan fingerprint density at radius 3 is 2.29 bits per heavy atom. The van der Waals surface area contributed by atoms with Crippen LogP contribution in [0.1, 0.15) is 33.3 Å². The number of nitrogens with zero attached hydrogens (tertiary/aromatic N) is 1. The fraction of sp³-hybridized carbons (Fsp3) is 0.400. The second-order valence-electron chi connectivity index (χ2n) is 5.59. The summed E-state index contributed by atoms with van der Waals surface area (Å²) in [5, 5.41) is 13.5. The minimum Gasteiger partial charge on any atom is -0.481 e. The van der Waals surface area contributed by atoms with Crippen molar-refractivity contribution in [2.45, 2.75) is 39.3 Å². The minimum atomic E-state index is -0.830. The molecular weight excluding hydrogens is 270 g/mol. The van der Waals surface area contributed by atoms with E-state index in [1.165, 1.54) is 6.92 Å². The molecule has 0 aliphatic heterocycles. The Morgan fingerprint density at radius 1 is 1.24 bits per heavy atom. The van der Waals surface area contributed by atoms with Crippen LogP contribution in [0.5, 0.6) is 5.75 Å². The van der Waals surface area contributed by atoms with Gasteiger partial charge in [0, 0.05) is 5.54 Å². The molecule has 0 aliphatic carbocycles. The van der Waals surface area contributed by atoms with Crippen molar-refractivity contribution >= 4 is 11.9 Å². The van der Waals surface area contributed by atoms with Crippen molar-refractivity contribution < 1.29 is 14.3 Å². The number of hydrogen-bond donors (Lipinski definition) is 2. The standard InChI is InChI=1S/C15H19N3O3/c1-10(13(19)17-14(20)18-15(2,3)4)21-12-7-5-11(9-16)6-8-12/h5-8,10H,1-4H3,(H2,17,18,19,20). The molecule has 0 saturated carbocycles. The molecular formula is C15H19N3O3. The highest BCUT2D eigenvalue weighted by Gasteiger charge is 2.20. The Hall–Kier alpha value is -2.55. The Kier molecular flexibility index (Phi) is 5.30. The van der Waals surface area contributed by atoms with Gasteiger partial charge >= 0.3 is 6.03 Å². The van der Waals surface area contributed by atoms with Crippen molar-refractivity contribution in [1.82, 2.24) is 10.6 Å². The van der Waals surface area contributed by atoms with Crippen molar-refractivity contribution in [3.8, 4) is 11.8 Å². The second-order valence-corrected chi connectivity index (χ2v) is 5.59. The number of carbonyl (C=O) groups is 2. The van der Waals surface area contributed by atoms with Crippen LogP contribution in [0.3, 0.4) is 0 Å². The van der Waals surface area contributed by atoms with Crippen LogP contribution in [-0.4, -0.2) is 23.6 Å². The molecule has 0 heterocycles. The molecule has 21 heavy (non-hydrogen) atoms. The number of nitrogens with one attached hydrogen (secondary N) is 2. The van der Waals surface area contributed by atoms with E-state index in [0.717, 1.165) is 0 Å². The van der Waals surface area contributed by atoms with Gasteiger partial charge in [0.25, 0.3) is 5.91 Å². The number of amides is 3. The Balaban J connectivity index is 2.54. The van der Waals surface area contributed by atoms with E-state index in [-0.39, 0.29) is 0 Å². The van der Waals surface area contributed by atoms with E-state index in [9.17, 15) is 9.59 Å². The number of carbonyl (C=O) groups excluding carboxylic acids is 2. The SMILES string of the molecule is CC(Oc1ccc(C#N)cc1)C(=O)NC(=O)NC(C)(C)C. The van der Waals surface area contributed by atoms with Crippen molar-refractivity contribution in [3.05, 3.63) is 29.8 Å². The molecule has 0 aliphatic rings. The molecule has 1 rings (SSSR count). The molecule has 112 valence electrons. The van der Waals surface area contributed by atoms with Gasteiger partial charge in [-0.1, -0.05) is 0 Å². The van der Waals surface area contributed by atoms with Gasteiger partial charge in [-0.3, -0.25) is 10.1 Å². The first-order chi connectivity index (χ1) is 9.71. The molecule has 0 fully saturated rings. The van der Waals surface area contributed by atoms with Crippen LogP contribution in [-0.2, 0) is 4.79 Å². The van der Waals surface area contributed by atoms with Gasteiger partial charge in [0.15, 0.2) is 6.10 Å². The minimum absolute atomic E-state index is 0.429. The largest absolute Gasteiger partial charge is 0.481 e. The van der Waals surface area contributed by atoms with E-state index in [1.807, 2.05) is 26.8 Å². The van der Waals surface area contributed by atoms with E-state index >= 15 is 0 Å². The molecule has 0 saturated heterocycles. The van der Waals surface area contributed by atoms with E-state index < -0.39 is 23.6 Å². The zero-order chi connectivity index (χ0) is 16.0. The van der Waals surface area contributed by atoms with E-state index in [2.05, 4.69) is 10.6 Å². The molecule has 1 unspecified atom stereocenters. The van der Waals surface area contributed by atoms with Crippen LogP contribution in [0.25, 0.3) is 0 Å². The maximum absolute atomic E-state index is 11.8. The molecule has 1 atom stereocenters. The molecule has 3 amide bonds. The number of benzene rings is 1. The molecule has 0 spiro atoms. The summed E-state index contributed by atoms with van der Waals surface area (Å²) >= 11 is 0. The third-order valence-corrected chi connectivity index (χ3v) is 2.39. The summed E-state index contributed by atoms with van der Waals surface area (Å²) in [4.78, 5) is 23.4. The van der Waals surface area contributed by atoms with E-state index in [4.69, 9.17) is 10.00 Å². The van der Waals surface area contributed by atoms with Gasteiger partial charge < -0.3 is 10.1 Å². The van der Waals surface area contributed by atoms with Gasteiger partial charge in [-0.05, 0) is 52.0 Å². The third-order valence-electron chi connectivity index (χ3n) is 2.39. The maximum Gasteiger partial charge on any atom is 0.321 e. The fourth-order valence-electron chi connectivity index (χ4n) is 1.45. The van der Waals surface area contributed by atoms with Crippen LogP contribution in [0.2, 0.25) is 0 Å². The van der Waals surface area contributed by atoms with Crippen LogP contribution in [0, 0.1) is 11.3 Å². The highest BCUT2D eigenvalue weighted by Crippen LogP contribution is 2.13. The molecule has 2 N–H and O–H groups in total. The molecule has 1 aromatic carbocycles. The number of urea groups is 1. The highest BCUT2D eigenvalue weighted by molar-refractivity contribution is 5.96. The number of ether oxygens (including phenoxy) is 1. The van der Waals surface area contributed by atoms with Crippen LogP contribution >= 0.6 is 0 Å². The smallest absolute Gasteiger partial charge is 0.321 e. The molecule has 6 heteroatoms. The van der Waals surface area contributed by atoms with Crippen molar-refractivity contribution in [1.29, 1.82) is 5.26 Å².